The average molecular weight is 613 g/mol. The molecule has 8 nitrogen and oxygen atoms in total. The number of aromatic nitrogens is 2. The zero-order valence-electron chi connectivity index (χ0n) is 22.2. The van der Waals surface area contributed by atoms with Crippen LogP contribution in [-0.2, 0) is 14.4 Å². The summed E-state index contributed by atoms with van der Waals surface area (Å²) in [7, 11) is 0. The molecule has 3 amide bonds. The number of halogens is 3. The van der Waals surface area contributed by atoms with Crippen LogP contribution in [0.5, 0.6) is 0 Å². The topological polar surface area (TPSA) is 92.7 Å². The Morgan fingerprint density at radius 1 is 0.905 bits per heavy atom. The zero-order chi connectivity index (χ0) is 30.1. The van der Waals surface area contributed by atoms with E-state index in [0.717, 1.165) is 14.0 Å². The van der Waals surface area contributed by atoms with E-state index in [2.05, 4.69) is 9.97 Å². The monoisotopic (exact) mass is 612 g/mol. The number of hydroxylamine groups is 2. The molecule has 4 heterocycles. The molecule has 42 heavy (non-hydrogen) atoms. The number of hydrogen-bond donors (Lipinski definition) is 0. The molecule has 0 radical (unpaired) electrons. The Morgan fingerprint density at radius 3 is 1.93 bits per heavy atom. The number of pyridine rings is 2. The Morgan fingerprint density at radius 2 is 1.45 bits per heavy atom. The maximum absolute atomic E-state index is 14.6. The van der Waals surface area contributed by atoms with Gasteiger partial charge in [-0.05, 0) is 71.1 Å². The van der Waals surface area contributed by atoms with Gasteiger partial charge in [0.2, 0.25) is 0 Å². The zero-order valence-corrected chi connectivity index (χ0v) is 23.8. The van der Waals surface area contributed by atoms with Crippen molar-refractivity contribution in [2.75, 3.05) is 4.90 Å². The summed E-state index contributed by atoms with van der Waals surface area (Å²) in [5.74, 6) is -5.39. The van der Waals surface area contributed by atoms with Crippen molar-refractivity contribution in [2.45, 2.75) is 46.5 Å². The van der Waals surface area contributed by atoms with Crippen LogP contribution < -0.4 is 4.90 Å². The highest BCUT2D eigenvalue weighted by atomic mass is 32.2. The maximum Gasteiger partial charge on any atom is 0.493 e. The lowest BCUT2D eigenvalue weighted by Gasteiger charge is -2.42. The van der Waals surface area contributed by atoms with Crippen molar-refractivity contribution in [3.8, 4) is 0 Å². The lowest BCUT2D eigenvalue weighted by Crippen LogP contribution is -2.58. The van der Waals surface area contributed by atoms with Gasteiger partial charge in [0.1, 0.15) is 0 Å². The molecule has 2 atom stereocenters. The third-order valence-electron chi connectivity index (χ3n) is 7.19. The predicted molar refractivity (Wildman–Crippen MR) is 150 cm³/mol. The van der Waals surface area contributed by atoms with Gasteiger partial charge in [0.05, 0.1) is 9.90 Å². The van der Waals surface area contributed by atoms with E-state index in [1.165, 1.54) is 48.7 Å². The van der Waals surface area contributed by atoms with Crippen molar-refractivity contribution in [2.24, 2.45) is 0 Å². The molecule has 216 valence electrons. The van der Waals surface area contributed by atoms with E-state index >= 15 is 0 Å². The SMILES string of the molecule is CC(c1ccncc1)C1(C(C)c2ccncc2)C(=O)N(c2ccc(Sc3cccs3)cc2)C(=O)N1OC(=O)C(F)(F)F. The summed E-state index contributed by atoms with van der Waals surface area (Å²) in [5, 5.41) is 2.23. The van der Waals surface area contributed by atoms with E-state index in [-0.39, 0.29) is 5.69 Å². The first-order chi connectivity index (χ1) is 20.0. The second-order valence-electron chi connectivity index (χ2n) is 9.45. The Labute approximate surface area is 247 Å². The lowest BCUT2D eigenvalue weighted by molar-refractivity contribution is -0.241. The third kappa shape index (κ3) is 5.25. The number of benzene rings is 1. The van der Waals surface area contributed by atoms with E-state index in [1.807, 2.05) is 17.5 Å². The summed E-state index contributed by atoms with van der Waals surface area (Å²) in [6, 6.07) is 15.4. The quantitative estimate of drug-likeness (QED) is 0.202. The van der Waals surface area contributed by atoms with E-state index in [1.54, 1.807) is 61.6 Å². The molecule has 0 N–H and O–H groups in total. The van der Waals surface area contributed by atoms with Gasteiger partial charge in [-0.3, -0.25) is 14.8 Å². The minimum atomic E-state index is -5.43. The molecule has 1 aliphatic heterocycles. The number of imide groups is 1. The number of nitrogens with zero attached hydrogens (tertiary/aromatic N) is 4. The molecule has 1 saturated heterocycles. The fourth-order valence-electron chi connectivity index (χ4n) is 5.09. The molecular formula is C29H23F3N4O4S2. The Hall–Kier alpha value is -4.23. The fraction of sp³-hybridized carbons (Fsp3) is 0.207. The van der Waals surface area contributed by atoms with Gasteiger partial charge >= 0.3 is 18.2 Å². The largest absolute Gasteiger partial charge is 0.493 e. The van der Waals surface area contributed by atoms with Gasteiger partial charge in [-0.25, -0.2) is 14.5 Å². The molecule has 0 spiro atoms. The summed E-state index contributed by atoms with van der Waals surface area (Å²) in [6.45, 7) is 3.19. The number of anilines is 1. The summed E-state index contributed by atoms with van der Waals surface area (Å²) < 4.78 is 41.6. The smallest absolute Gasteiger partial charge is 0.327 e. The normalized spacial score (nSPS) is 18.7. The molecule has 3 aromatic heterocycles. The van der Waals surface area contributed by atoms with Crippen molar-refractivity contribution in [3.05, 3.63) is 102 Å². The summed E-state index contributed by atoms with van der Waals surface area (Å²) in [4.78, 5) is 55.2. The van der Waals surface area contributed by atoms with Crippen LogP contribution in [-0.4, -0.2) is 44.7 Å². The van der Waals surface area contributed by atoms with Crippen LogP contribution in [0.3, 0.4) is 0 Å². The minimum Gasteiger partial charge on any atom is -0.327 e. The minimum absolute atomic E-state index is 0.110. The second kappa shape index (κ2) is 11.6. The van der Waals surface area contributed by atoms with E-state index in [4.69, 9.17) is 4.84 Å². The molecule has 4 aromatic rings. The molecule has 2 unspecified atom stereocenters. The van der Waals surface area contributed by atoms with Gasteiger partial charge in [-0.2, -0.15) is 13.2 Å². The van der Waals surface area contributed by atoms with Crippen molar-refractivity contribution >= 4 is 46.7 Å². The first-order valence-electron chi connectivity index (χ1n) is 12.6. The van der Waals surface area contributed by atoms with Crippen LogP contribution in [0.4, 0.5) is 23.7 Å². The van der Waals surface area contributed by atoms with Crippen molar-refractivity contribution in [1.29, 1.82) is 0 Å². The number of hydrogen-bond acceptors (Lipinski definition) is 8. The highest BCUT2D eigenvalue weighted by molar-refractivity contribution is 8.01. The molecular weight excluding hydrogens is 589 g/mol. The van der Waals surface area contributed by atoms with Crippen molar-refractivity contribution in [3.63, 3.8) is 0 Å². The summed E-state index contributed by atoms with van der Waals surface area (Å²) in [6.07, 6.45) is 0.428. The van der Waals surface area contributed by atoms with Crippen molar-refractivity contribution in [1.82, 2.24) is 15.0 Å². The number of amides is 3. The number of thiophene rings is 1. The number of carbonyl (C=O) groups excluding carboxylic acids is 3. The molecule has 0 saturated carbocycles. The molecule has 0 aliphatic carbocycles. The molecule has 1 aliphatic rings. The fourth-order valence-corrected chi connectivity index (χ4v) is 6.84. The van der Waals surface area contributed by atoms with Crippen LogP contribution in [0.25, 0.3) is 0 Å². The first-order valence-corrected chi connectivity index (χ1v) is 14.3. The average Bonchev–Trinajstić information content (AvgIpc) is 3.58. The van der Waals surface area contributed by atoms with Crippen LogP contribution in [0.1, 0.15) is 36.8 Å². The summed E-state index contributed by atoms with van der Waals surface area (Å²) >= 11 is 3.02. The number of alkyl halides is 3. The van der Waals surface area contributed by atoms with Crippen molar-refractivity contribution < 1.29 is 32.4 Å². The predicted octanol–water partition coefficient (Wildman–Crippen LogP) is 6.82. The Bertz CT molecular complexity index is 1520. The number of rotatable bonds is 8. The molecule has 1 aromatic carbocycles. The number of urea groups is 1. The van der Waals surface area contributed by atoms with Gasteiger partial charge in [0, 0.05) is 41.5 Å². The Balaban J connectivity index is 1.66. The molecule has 1 fully saturated rings. The first kappa shape index (κ1) is 29.3. The van der Waals surface area contributed by atoms with E-state index < -0.39 is 41.5 Å². The van der Waals surface area contributed by atoms with Crippen LogP contribution in [0.15, 0.2) is 99.9 Å². The lowest BCUT2D eigenvalue weighted by atomic mass is 9.69. The highest BCUT2D eigenvalue weighted by Crippen LogP contribution is 2.50. The Kier molecular flexibility index (Phi) is 8.06. The highest BCUT2D eigenvalue weighted by Gasteiger charge is 2.67. The molecule has 5 rings (SSSR count). The van der Waals surface area contributed by atoms with Gasteiger partial charge in [0.15, 0.2) is 5.54 Å². The van der Waals surface area contributed by atoms with Gasteiger partial charge in [0.25, 0.3) is 5.91 Å². The van der Waals surface area contributed by atoms with Crippen LogP contribution in [0, 0.1) is 0 Å². The van der Waals surface area contributed by atoms with E-state index in [9.17, 15) is 27.6 Å². The van der Waals surface area contributed by atoms with Crippen LogP contribution in [0.2, 0.25) is 0 Å². The van der Waals surface area contributed by atoms with Gasteiger partial charge in [-0.1, -0.05) is 31.7 Å². The number of carbonyl (C=O) groups is 3. The third-order valence-corrected chi connectivity index (χ3v) is 9.24. The standard InChI is InChI=1S/C29H23F3N4O4S2/c1-18(20-9-13-33-14-10-20)28(19(2)21-11-15-34-16-12-21)25(37)35(27(39)36(28)40-26(38)29(30,31)32)22-5-7-23(8-6-22)42-24-4-3-17-41-24/h3-19H,1-2H3. The van der Waals surface area contributed by atoms with E-state index in [0.29, 0.717) is 16.2 Å². The maximum atomic E-state index is 14.6. The van der Waals surface area contributed by atoms with Gasteiger partial charge in [-0.15, -0.1) is 16.4 Å². The molecule has 13 heteroatoms. The summed E-state index contributed by atoms with van der Waals surface area (Å²) in [5.41, 5.74) is -1.03. The molecule has 0 bridgehead atoms. The van der Waals surface area contributed by atoms with Gasteiger partial charge < -0.3 is 4.84 Å². The van der Waals surface area contributed by atoms with Crippen LogP contribution >= 0.6 is 23.1 Å². The second-order valence-corrected chi connectivity index (χ2v) is 11.8.